The minimum absolute atomic E-state index is 0.0777. The number of hydrogen-bond donors (Lipinski definition) is 2. The lowest BCUT2D eigenvalue weighted by atomic mass is 9.96. The maximum absolute atomic E-state index is 13.6. The minimum atomic E-state index is -0.828. The SMILES string of the molecule is CCN(C(=O)C(NC(=O)OC(C)(C)C)C(C)C)C(C(=O)NC(C)C)c1ccc(C)c(C)c1. The summed E-state index contributed by atoms with van der Waals surface area (Å²) < 4.78 is 5.36. The van der Waals surface area contributed by atoms with E-state index in [1.165, 1.54) is 4.90 Å². The lowest BCUT2D eigenvalue weighted by Gasteiger charge is -2.35. The lowest BCUT2D eigenvalue weighted by molar-refractivity contribution is -0.143. The van der Waals surface area contributed by atoms with Gasteiger partial charge in [0.1, 0.15) is 17.7 Å². The number of benzene rings is 1. The first-order chi connectivity index (χ1) is 14.7. The van der Waals surface area contributed by atoms with Crippen LogP contribution < -0.4 is 10.6 Å². The van der Waals surface area contributed by atoms with Crippen LogP contribution in [0.3, 0.4) is 0 Å². The second-order valence-electron chi connectivity index (χ2n) is 9.90. The van der Waals surface area contributed by atoms with Gasteiger partial charge in [0.2, 0.25) is 11.8 Å². The van der Waals surface area contributed by atoms with E-state index in [-0.39, 0.29) is 23.8 Å². The predicted octanol–water partition coefficient (Wildman–Crippen LogP) is 4.27. The molecule has 0 heterocycles. The predicted molar refractivity (Wildman–Crippen MR) is 127 cm³/mol. The molecule has 0 saturated heterocycles. The van der Waals surface area contributed by atoms with Gasteiger partial charge in [0, 0.05) is 12.6 Å². The van der Waals surface area contributed by atoms with E-state index in [0.717, 1.165) is 16.7 Å². The van der Waals surface area contributed by atoms with Crippen molar-refractivity contribution in [3.63, 3.8) is 0 Å². The van der Waals surface area contributed by atoms with E-state index in [4.69, 9.17) is 4.74 Å². The Hall–Kier alpha value is -2.57. The largest absolute Gasteiger partial charge is 0.444 e. The fraction of sp³-hybridized carbons (Fsp3) is 0.640. The number of hydrogen-bond acceptors (Lipinski definition) is 4. The number of likely N-dealkylation sites (N-methyl/N-ethyl adjacent to an activating group) is 1. The van der Waals surface area contributed by atoms with Gasteiger partial charge in [-0.1, -0.05) is 32.0 Å². The second kappa shape index (κ2) is 11.3. The zero-order valence-corrected chi connectivity index (χ0v) is 21.3. The van der Waals surface area contributed by atoms with Gasteiger partial charge in [0.15, 0.2) is 0 Å². The van der Waals surface area contributed by atoms with Gasteiger partial charge in [-0.05, 0) is 78.0 Å². The van der Waals surface area contributed by atoms with Gasteiger partial charge >= 0.3 is 6.09 Å². The first-order valence-corrected chi connectivity index (χ1v) is 11.3. The maximum atomic E-state index is 13.6. The average Bonchev–Trinajstić information content (AvgIpc) is 2.63. The second-order valence-corrected chi connectivity index (χ2v) is 9.90. The van der Waals surface area contributed by atoms with E-state index in [2.05, 4.69) is 10.6 Å². The molecule has 0 aromatic heterocycles. The van der Waals surface area contributed by atoms with Crippen LogP contribution in [0.15, 0.2) is 18.2 Å². The zero-order chi connectivity index (χ0) is 24.8. The van der Waals surface area contributed by atoms with E-state index in [0.29, 0.717) is 6.54 Å². The highest BCUT2D eigenvalue weighted by Crippen LogP contribution is 2.25. The molecule has 0 saturated carbocycles. The molecular formula is C25H41N3O4. The molecule has 1 aromatic carbocycles. The molecule has 3 amide bonds. The molecular weight excluding hydrogens is 406 g/mol. The highest BCUT2D eigenvalue weighted by molar-refractivity contribution is 5.92. The van der Waals surface area contributed by atoms with Crippen LogP contribution in [0.5, 0.6) is 0 Å². The summed E-state index contributed by atoms with van der Waals surface area (Å²) in [6.45, 7) is 18.9. The van der Waals surface area contributed by atoms with E-state index in [9.17, 15) is 14.4 Å². The van der Waals surface area contributed by atoms with Crippen LogP contribution >= 0.6 is 0 Å². The Morgan fingerprint density at radius 1 is 1.00 bits per heavy atom. The Kier molecular flexibility index (Phi) is 9.73. The van der Waals surface area contributed by atoms with Crippen LogP contribution in [-0.4, -0.2) is 47.0 Å². The minimum Gasteiger partial charge on any atom is -0.444 e. The number of aryl methyl sites for hydroxylation is 2. The lowest BCUT2D eigenvalue weighted by Crippen LogP contribution is -2.55. The molecule has 180 valence electrons. The molecule has 2 atom stereocenters. The molecule has 0 aliphatic carbocycles. The van der Waals surface area contributed by atoms with Crippen LogP contribution in [0.4, 0.5) is 4.79 Å². The zero-order valence-electron chi connectivity index (χ0n) is 21.3. The first kappa shape index (κ1) is 27.5. The summed E-state index contributed by atoms with van der Waals surface area (Å²) in [5.41, 5.74) is 2.21. The molecule has 32 heavy (non-hydrogen) atoms. The van der Waals surface area contributed by atoms with Crippen molar-refractivity contribution < 1.29 is 19.1 Å². The molecule has 2 N–H and O–H groups in total. The summed E-state index contributed by atoms with van der Waals surface area (Å²) in [4.78, 5) is 40.8. The summed E-state index contributed by atoms with van der Waals surface area (Å²) in [6.07, 6.45) is -0.657. The molecule has 0 bridgehead atoms. The van der Waals surface area contributed by atoms with Crippen molar-refractivity contribution in [3.8, 4) is 0 Å². The van der Waals surface area contributed by atoms with Crippen LogP contribution in [0.2, 0.25) is 0 Å². The number of nitrogens with zero attached hydrogens (tertiary/aromatic N) is 1. The Morgan fingerprint density at radius 2 is 1.59 bits per heavy atom. The van der Waals surface area contributed by atoms with Crippen LogP contribution in [0, 0.1) is 19.8 Å². The first-order valence-electron chi connectivity index (χ1n) is 11.3. The Labute approximate surface area is 193 Å². The summed E-state index contributed by atoms with van der Waals surface area (Å²) in [5.74, 6) is -0.772. The highest BCUT2D eigenvalue weighted by Gasteiger charge is 2.37. The van der Waals surface area contributed by atoms with Gasteiger partial charge < -0.3 is 20.3 Å². The Bertz CT molecular complexity index is 812. The molecule has 1 aromatic rings. The Morgan fingerprint density at radius 3 is 2.03 bits per heavy atom. The number of amides is 3. The molecule has 1 rings (SSSR count). The van der Waals surface area contributed by atoms with Crippen molar-refractivity contribution in [3.05, 3.63) is 34.9 Å². The number of ether oxygens (including phenoxy) is 1. The van der Waals surface area contributed by atoms with Crippen molar-refractivity contribution in [2.75, 3.05) is 6.54 Å². The van der Waals surface area contributed by atoms with E-state index in [1.54, 1.807) is 20.8 Å². The quantitative estimate of drug-likeness (QED) is 0.623. The monoisotopic (exact) mass is 447 g/mol. The number of alkyl carbamates (subject to hydrolysis) is 1. The summed E-state index contributed by atoms with van der Waals surface area (Å²) in [5, 5.41) is 5.65. The summed E-state index contributed by atoms with van der Waals surface area (Å²) in [7, 11) is 0. The van der Waals surface area contributed by atoms with Gasteiger partial charge in [-0.2, -0.15) is 0 Å². The van der Waals surface area contributed by atoms with Gasteiger partial charge in [0.05, 0.1) is 0 Å². The fourth-order valence-electron chi connectivity index (χ4n) is 3.36. The molecule has 0 aliphatic rings. The smallest absolute Gasteiger partial charge is 0.408 e. The molecule has 0 spiro atoms. The third-order valence-corrected chi connectivity index (χ3v) is 5.07. The highest BCUT2D eigenvalue weighted by atomic mass is 16.6. The van der Waals surface area contributed by atoms with Crippen molar-refractivity contribution in [2.24, 2.45) is 5.92 Å². The number of rotatable bonds is 8. The fourth-order valence-corrected chi connectivity index (χ4v) is 3.36. The molecule has 0 radical (unpaired) electrons. The molecule has 7 heteroatoms. The molecule has 0 aliphatic heterocycles. The topological polar surface area (TPSA) is 87.7 Å². The van der Waals surface area contributed by atoms with Crippen molar-refractivity contribution in [1.82, 2.24) is 15.5 Å². The molecule has 2 unspecified atom stereocenters. The van der Waals surface area contributed by atoms with E-state index in [1.807, 2.05) is 66.7 Å². The molecule has 0 fully saturated rings. The number of carbonyl (C=O) groups is 3. The van der Waals surface area contributed by atoms with Crippen LogP contribution in [0.25, 0.3) is 0 Å². The van der Waals surface area contributed by atoms with Gasteiger partial charge in [-0.3, -0.25) is 9.59 Å². The van der Waals surface area contributed by atoms with E-state index >= 15 is 0 Å². The molecule has 7 nitrogen and oxygen atoms in total. The summed E-state index contributed by atoms with van der Waals surface area (Å²) >= 11 is 0. The van der Waals surface area contributed by atoms with Gasteiger partial charge in [0.25, 0.3) is 0 Å². The summed E-state index contributed by atoms with van der Waals surface area (Å²) in [6, 6.07) is 4.07. The van der Waals surface area contributed by atoms with Crippen LogP contribution in [0.1, 0.15) is 78.1 Å². The van der Waals surface area contributed by atoms with Crippen LogP contribution in [-0.2, 0) is 14.3 Å². The van der Waals surface area contributed by atoms with Crippen molar-refractivity contribution >= 4 is 17.9 Å². The number of carbonyl (C=O) groups excluding carboxylic acids is 3. The van der Waals surface area contributed by atoms with Crippen molar-refractivity contribution in [2.45, 2.75) is 93.0 Å². The number of nitrogens with one attached hydrogen (secondary N) is 2. The van der Waals surface area contributed by atoms with E-state index < -0.39 is 23.8 Å². The standard InChI is InChI=1S/C25H41N3O4/c1-11-28(23(30)20(15(2)3)27-24(31)32-25(8,9)10)21(22(29)26-16(4)5)19-13-12-17(6)18(7)14-19/h12-16,20-21H,11H2,1-10H3,(H,26,29)(H,27,31). The Balaban J connectivity index is 3.37. The third kappa shape index (κ3) is 7.84. The van der Waals surface area contributed by atoms with Gasteiger partial charge in [-0.25, -0.2) is 4.79 Å². The maximum Gasteiger partial charge on any atom is 0.408 e. The van der Waals surface area contributed by atoms with Crippen molar-refractivity contribution in [1.29, 1.82) is 0 Å². The third-order valence-electron chi connectivity index (χ3n) is 5.07. The average molecular weight is 448 g/mol. The van der Waals surface area contributed by atoms with Gasteiger partial charge in [-0.15, -0.1) is 0 Å². The normalized spacial score (nSPS) is 13.5.